The smallest absolute Gasteiger partial charge is 0.329 e. The third kappa shape index (κ3) is 1.48. The summed E-state index contributed by atoms with van der Waals surface area (Å²) < 4.78 is 4.91. The van der Waals surface area contributed by atoms with Gasteiger partial charge in [-0.3, -0.25) is 9.59 Å². The van der Waals surface area contributed by atoms with Crippen molar-refractivity contribution in [2.75, 3.05) is 6.61 Å². The van der Waals surface area contributed by atoms with Crippen molar-refractivity contribution in [2.45, 2.75) is 44.2 Å². The number of Topliss-reactive ketones (excluding diaryl/α,β-unsaturated/α-hetero) is 1. The Hall–Kier alpha value is -1.39. The van der Waals surface area contributed by atoms with Gasteiger partial charge in [-0.25, -0.2) is 4.79 Å². The molecular weight excluding hydrogens is 222 g/mol. The number of nitrogens with zero attached hydrogens (tertiary/aromatic N) is 1. The number of carbonyl (C=O) groups excluding carboxylic acids is 3. The van der Waals surface area contributed by atoms with Crippen LogP contribution in [0.2, 0.25) is 0 Å². The Labute approximate surface area is 99.1 Å². The molecule has 0 bridgehead atoms. The molecule has 2 atom stereocenters. The van der Waals surface area contributed by atoms with E-state index >= 15 is 0 Å². The molecule has 3 fully saturated rings. The van der Waals surface area contributed by atoms with Crippen molar-refractivity contribution in [1.82, 2.24) is 4.90 Å². The number of carbonyl (C=O) groups is 3. The van der Waals surface area contributed by atoms with Gasteiger partial charge >= 0.3 is 5.97 Å². The molecule has 5 nitrogen and oxygen atoms in total. The zero-order chi connectivity index (χ0) is 12.0. The fraction of sp³-hybridized carbons (Fsp3) is 0.750. The van der Waals surface area contributed by atoms with Crippen LogP contribution in [0.4, 0.5) is 0 Å². The van der Waals surface area contributed by atoms with E-state index in [2.05, 4.69) is 0 Å². The zero-order valence-electron chi connectivity index (χ0n) is 9.55. The summed E-state index contributed by atoms with van der Waals surface area (Å²) in [5, 5.41) is 0. The first-order valence-corrected chi connectivity index (χ1v) is 6.23. The van der Waals surface area contributed by atoms with Gasteiger partial charge in [0.2, 0.25) is 5.78 Å². The molecule has 17 heavy (non-hydrogen) atoms. The topological polar surface area (TPSA) is 63.7 Å². The van der Waals surface area contributed by atoms with Crippen LogP contribution < -0.4 is 0 Å². The molecule has 0 aromatic heterocycles. The van der Waals surface area contributed by atoms with E-state index in [9.17, 15) is 14.4 Å². The monoisotopic (exact) mass is 237 g/mol. The third-order valence-electron chi connectivity index (χ3n) is 4.08. The number of rotatable bonds is 1. The highest BCUT2D eigenvalue weighted by molar-refractivity contribution is 6.40. The fourth-order valence-electron chi connectivity index (χ4n) is 3.20. The molecule has 1 saturated carbocycles. The molecule has 0 unspecified atom stereocenters. The van der Waals surface area contributed by atoms with E-state index in [1.807, 2.05) is 0 Å². The first-order valence-electron chi connectivity index (χ1n) is 6.23. The van der Waals surface area contributed by atoms with Gasteiger partial charge in [0.1, 0.15) is 12.6 Å². The van der Waals surface area contributed by atoms with Gasteiger partial charge < -0.3 is 9.64 Å². The molecule has 92 valence electrons. The van der Waals surface area contributed by atoms with E-state index in [4.69, 9.17) is 4.74 Å². The second-order valence-electron chi connectivity index (χ2n) is 5.05. The molecule has 0 aromatic rings. The molecule has 0 radical (unpaired) electrons. The minimum atomic E-state index is -0.627. The Balaban J connectivity index is 1.88. The minimum absolute atomic E-state index is 0.0563. The summed E-state index contributed by atoms with van der Waals surface area (Å²) in [6.07, 6.45) is 5.10. The Morgan fingerprint density at radius 1 is 1.06 bits per heavy atom. The number of cyclic esters (lactones) is 1. The summed E-state index contributed by atoms with van der Waals surface area (Å²) in [7, 11) is 0. The largest absolute Gasteiger partial charge is 0.463 e. The van der Waals surface area contributed by atoms with Crippen molar-refractivity contribution in [1.29, 1.82) is 0 Å². The average molecular weight is 237 g/mol. The van der Waals surface area contributed by atoms with Crippen LogP contribution in [0, 0.1) is 5.92 Å². The predicted molar refractivity (Wildman–Crippen MR) is 57.0 cm³/mol. The van der Waals surface area contributed by atoms with Crippen LogP contribution in [0.1, 0.15) is 32.1 Å². The maximum atomic E-state index is 11.9. The van der Waals surface area contributed by atoms with Crippen molar-refractivity contribution in [3.05, 3.63) is 0 Å². The molecule has 2 aliphatic heterocycles. The zero-order valence-corrected chi connectivity index (χ0v) is 9.55. The van der Waals surface area contributed by atoms with Crippen molar-refractivity contribution in [3.63, 3.8) is 0 Å². The van der Waals surface area contributed by atoms with Crippen molar-refractivity contribution < 1.29 is 19.1 Å². The van der Waals surface area contributed by atoms with E-state index in [0.29, 0.717) is 0 Å². The van der Waals surface area contributed by atoms with Crippen LogP contribution in [0.15, 0.2) is 0 Å². The summed E-state index contributed by atoms with van der Waals surface area (Å²) in [6, 6.07) is -0.570. The van der Waals surface area contributed by atoms with Gasteiger partial charge in [0, 0.05) is 6.04 Å². The average Bonchev–Trinajstić information content (AvgIpc) is 2.83. The first kappa shape index (κ1) is 10.7. The van der Waals surface area contributed by atoms with Gasteiger partial charge in [0.05, 0.1) is 5.92 Å². The van der Waals surface area contributed by atoms with Crippen LogP contribution in [0.25, 0.3) is 0 Å². The molecule has 3 aliphatic rings. The first-order chi connectivity index (χ1) is 8.20. The quantitative estimate of drug-likeness (QED) is 0.485. The molecule has 2 saturated heterocycles. The lowest BCUT2D eigenvalue weighted by molar-refractivity contribution is -0.150. The summed E-state index contributed by atoms with van der Waals surface area (Å²) in [5.74, 6) is -1.85. The Morgan fingerprint density at radius 2 is 1.76 bits per heavy atom. The van der Waals surface area contributed by atoms with Crippen LogP contribution in [-0.2, 0) is 19.1 Å². The van der Waals surface area contributed by atoms with E-state index < -0.39 is 29.6 Å². The van der Waals surface area contributed by atoms with Crippen molar-refractivity contribution in [3.8, 4) is 0 Å². The highest BCUT2D eigenvalue weighted by Crippen LogP contribution is 2.35. The van der Waals surface area contributed by atoms with E-state index in [0.717, 1.165) is 25.7 Å². The third-order valence-corrected chi connectivity index (χ3v) is 4.08. The Bertz CT molecular complexity index is 386. The maximum Gasteiger partial charge on any atom is 0.329 e. The number of ether oxygens (including phenoxy) is 1. The van der Waals surface area contributed by atoms with Crippen molar-refractivity contribution in [2.24, 2.45) is 5.92 Å². The number of fused-ring (bicyclic) bond motifs is 1. The molecule has 0 N–H and O–H groups in total. The predicted octanol–water partition coefficient (Wildman–Crippen LogP) is 0.272. The lowest BCUT2D eigenvalue weighted by Gasteiger charge is -2.33. The number of ketones is 1. The standard InChI is InChI=1S/C12H15NO4/c14-10-8-6-17-12(16)9(8)13(11(10)15)7-4-2-1-3-5-7/h7-9H,1-6H2/t8-,9+/m0/s1. The summed E-state index contributed by atoms with van der Waals surface area (Å²) in [6.45, 7) is 0.0806. The van der Waals surface area contributed by atoms with Crippen LogP contribution in [-0.4, -0.2) is 41.3 Å². The van der Waals surface area contributed by atoms with Crippen molar-refractivity contribution >= 4 is 17.7 Å². The number of hydrogen-bond donors (Lipinski definition) is 0. The normalized spacial score (nSPS) is 34.1. The van der Waals surface area contributed by atoms with Crippen LogP contribution in [0.5, 0.6) is 0 Å². The molecule has 3 rings (SSSR count). The lowest BCUT2D eigenvalue weighted by Crippen LogP contribution is -2.46. The van der Waals surface area contributed by atoms with Gasteiger partial charge in [-0.2, -0.15) is 0 Å². The van der Waals surface area contributed by atoms with E-state index in [1.165, 1.54) is 11.3 Å². The van der Waals surface area contributed by atoms with Gasteiger partial charge in [-0.1, -0.05) is 19.3 Å². The second kappa shape index (κ2) is 3.82. The highest BCUT2D eigenvalue weighted by Gasteiger charge is 2.57. The molecule has 1 amide bonds. The number of esters is 1. The van der Waals surface area contributed by atoms with Gasteiger partial charge in [0.15, 0.2) is 0 Å². The van der Waals surface area contributed by atoms with Crippen LogP contribution >= 0.6 is 0 Å². The summed E-state index contributed by atoms with van der Waals surface area (Å²) in [4.78, 5) is 36.8. The van der Waals surface area contributed by atoms with Gasteiger partial charge in [-0.05, 0) is 12.8 Å². The van der Waals surface area contributed by atoms with Gasteiger partial charge in [-0.15, -0.1) is 0 Å². The van der Waals surface area contributed by atoms with E-state index in [1.54, 1.807) is 0 Å². The molecule has 0 aromatic carbocycles. The summed E-state index contributed by atoms with van der Waals surface area (Å²) >= 11 is 0. The Morgan fingerprint density at radius 3 is 2.47 bits per heavy atom. The highest BCUT2D eigenvalue weighted by atomic mass is 16.5. The number of hydrogen-bond acceptors (Lipinski definition) is 4. The van der Waals surface area contributed by atoms with Crippen LogP contribution in [0.3, 0.4) is 0 Å². The van der Waals surface area contributed by atoms with E-state index in [-0.39, 0.29) is 12.6 Å². The van der Waals surface area contributed by atoms with Gasteiger partial charge in [0.25, 0.3) is 5.91 Å². The second-order valence-corrected chi connectivity index (χ2v) is 5.05. The molecule has 5 heteroatoms. The molecule has 1 aliphatic carbocycles. The SMILES string of the molecule is O=C1C(=O)N(C2CCCCC2)[C@H]2C(=O)OC[C@H]12. The lowest BCUT2D eigenvalue weighted by atomic mass is 9.93. The minimum Gasteiger partial charge on any atom is -0.463 e. The molecule has 2 heterocycles. The summed E-state index contributed by atoms with van der Waals surface area (Å²) in [5.41, 5.74) is 0. The molecular formula is C12H15NO4. The Kier molecular flexibility index (Phi) is 2.42. The maximum absolute atomic E-state index is 11.9. The number of likely N-dealkylation sites (tertiary alicyclic amines) is 1. The molecule has 0 spiro atoms. The fourth-order valence-corrected chi connectivity index (χ4v) is 3.20. The number of amides is 1.